The van der Waals surface area contributed by atoms with Crippen LogP contribution in [0.25, 0.3) is 0 Å². The normalized spacial score (nSPS) is 38.4. The summed E-state index contributed by atoms with van der Waals surface area (Å²) in [5, 5.41) is 0. The maximum absolute atomic E-state index is 11.4. The van der Waals surface area contributed by atoms with E-state index in [2.05, 4.69) is 0 Å². The van der Waals surface area contributed by atoms with Gasteiger partial charge in [-0.25, -0.2) is 0 Å². The minimum absolute atomic E-state index is 0.359. The lowest BCUT2D eigenvalue weighted by atomic mass is 9.76. The number of carbonyl (C=O) groups is 1. The molecule has 2 rings (SSSR count). The quantitative estimate of drug-likeness (QED) is 0.527. The molecule has 2 aliphatic rings. The third-order valence-electron chi connectivity index (χ3n) is 2.89. The molecule has 0 N–H and O–H groups in total. The monoisotopic (exact) mass is 154 g/mol. The van der Waals surface area contributed by atoms with Crippen LogP contribution in [0.1, 0.15) is 25.7 Å². The Hall–Kier alpha value is -0.370. The van der Waals surface area contributed by atoms with Gasteiger partial charge in [0, 0.05) is 18.9 Å². The Balaban J connectivity index is 2.05. The SMILES string of the molecule is O=C1CCC[C@H]2COCC[C@@H]12. The molecule has 0 bridgehead atoms. The summed E-state index contributed by atoms with van der Waals surface area (Å²) in [6, 6.07) is 0. The minimum atomic E-state index is 0.359. The summed E-state index contributed by atoms with van der Waals surface area (Å²) in [6.07, 6.45) is 4.09. The molecular formula is C9H14O2. The Morgan fingerprint density at radius 3 is 3.09 bits per heavy atom. The number of hydrogen-bond donors (Lipinski definition) is 0. The number of Topliss-reactive ketones (excluding diaryl/α,β-unsaturated/α-hetero) is 1. The standard InChI is InChI=1S/C9H14O2/c10-9-3-1-2-7-6-11-5-4-8(7)9/h7-8H,1-6H2/t7-,8+/m0/s1. The second-order valence-electron chi connectivity index (χ2n) is 3.59. The van der Waals surface area contributed by atoms with Crippen LogP contribution in [0.3, 0.4) is 0 Å². The molecule has 0 amide bonds. The van der Waals surface area contributed by atoms with Gasteiger partial charge in [0.1, 0.15) is 5.78 Å². The van der Waals surface area contributed by atoms with Gasteiger partial charge >= 0.3 is 0 Å². The predicted octanol–water partition coefficient (Wildman–Crippen LogP) is 1.39. The number of carbonyl (C=O) groups excluding carboxylic acids is 1. The van der Waals surface area contributed by atoms with Crippen LogP contribution < -0.4 is 0 Å². The summed E-state index contributed by atoms with van der Waals surface area (Å²) in [7, 11) is 0. The first kappa shape index (κ1) is 7.29. The van der Waals surface area contributed by atoms with Crippen LogP contribution in [-0.2, 0) is 9.53 Å². The van der Waals surface area contributed by atoms with Gasteiger partial charge in [0.25, 0.3) is 0 Å². The van der Waals surface area contributed by atoms with Crippen molar-refractivity contribution in [3.05, 3.63) is 0 Å². The van der Waals surface area contributed by atoms with Gasteiger partial charge in [0.15, 0.2) is 0 Å². The first-order chi connectivity index (χ1) is 5.38. The molecule has 2 fully saturated rings. The van der Waals surface area contributed by atoms with E-state index in [1.807, 2.05) is 0 Å². The zero-order chi connectivity index (χ0) is 7.68. The third kappa shape index (κ3) is 1.32. The van der Waals surface area contributed by atoms with Crippen molar-refractivity contribution in [3.63, 3.8) is 0 Å². The first-order valence-corrected chi connectivity index (χ1v) is 4.48. The maximum Gasteiger partial charge on any atom is 0.136 e. The van der Waals surface area contributed by atoms with Crippen LogP contribution in [0.5, 0.6) is 0 Å². The van der Waals surface area contributed by atoms with Gasteiger partial charge < -0.3 is 4.74 Å². The molecular weight excluding hydrogens is 140 g/mol. The van der Waals surface area contributed by atoms with E-state index in [-0.39, 0.29) is 0 Å². The van der Waals surface area contributed by atoms with Gasteiger partial charge in [-0.1, -0.05) is 0 Å². The Morgan fingerprint density at radius 1 is 1.36 bits per heavy atom. The summed E-state index contributed by atoms with van der Waals surface area (Å²) in [6.45, 7) is 1.63. The molecule has 0 unspecified atom stereocenters. The van der Waals surface area contributed by atoms with Crippen molar-refractivity contribution in [1.82, 2.24) is 0 Å². The van der Waals surface area contributed by atoms with Crippen LogP contribution in [0.15, 0.2) is 0 Å². The van der Waals surface area contributed by atoms with Gasteiger partial charge in [0.2, 0.25) is 0 Å². The van der Waals surface area contributed by atoms with E-state index in [1.54, 1.807) is 0 Å². The van der Waals surface area contributed by atoms with Gasteiger partial charge in [-0.2, -0.15) is 0 Å². The van der Waals surface area contributed by atoms with Crippen LogP contribution in [0.4, 0.5) is 0 Å². The van der Waals surface area contributed by atoms with Crippen molar-refractivity contribution in [2.75, 3.05) is 13.2 Å². The summed E-state index contributed by atoms with van der Waals surface area (Å²) in [5.74, 6) is 1.41. The molecule has 1 heterocycles. The number of ether oxygens (including phenoxy) is 1. The van der Waals surface area contributed by atoms with E-state index < -0.39 is 0 Å². The van der Waals surface area contributed by atoms with Gasteiger partial charge in [0.05, 0.1) is 6.61 Å². The van der Waals surface area contributed by atoms with E-state index in [9.17, 15) is 4.79 Å². The van der Waals surface area contributed by atoms with Crippen molar-refractivity contribution in [1.29, 1.82) is 0 Å². The van der Waals surface area contributed by atoms with Crippen LogP contribution in [-0.4, -0.2) is 19.0 Å². The fourth-order valence-corrected chi connectivity index (χ4v) is 2.23. The molecule has 1 aliphatic carbocycles. The number of hydrogen-bond acceptors (Lipinski definition) is 2. The first-order valence-electron chi connectivity index (χ1n) is 4.48. The van der Waals surface area contributed by atoms with E-state index in [0.29, 0.717) is 17.6 Å². The molecule has 0 aromatic heterocycles. The highest BCUT2D eigenvalue weighted by atomic mass is 16.5. The fourth-order valence-electron chi connectivity index (χ4n) is 2.23. The highest BCUT2D eigenvalue weighted by Crippen LogP contribution is 2.32. The number of fused-ring (bicyclic) bond motifs is 1. The van der Waals surface area contributed by atoms with E-state index >= 15 is 0 Å². The molecule has 1 saturated heterocycles. The van der Waals surface area contributed by atoms with Crippen molar-refractivity contribution >= 4 is 5.78 Å². The lowest BCUT2D eigenvalue weighted by molar-refractivity contribution is -0.132. The molecule has 0 aromatic rings. The fraction of sp³-hybridized carbons (Fsp3) is 0.889. The number of rotatable bonds is 0. The molecule has 0 aromatic carbocycles. The van der Waals surface area contributed by atoms with Gasteiger partial charge in [-0.05, 0) is 25.2 Å². The predicted molar refractivity (Wildman–Crippen MR) is 41.3 cm³/mol. The Labute approximate surface area is 66.9 Å². The van der Waals surface area contributed by atoms with Crippen LogP contribution in [0, 0.1) is 11.8 Å². The average Bonchev–Trinajstić information content (AvgIpc) is 2.06. The van der Waals surface area contributed by atoms with E-state index in [1.165, 1.54) is 6.42 Å². The van der Waals surface area contributed by atoms with Crippen molar-refractivity contribution in [2.45, 2.75) is 25.7 Å². The van der Waals surface area contributed by atoms with Crippen molar-refractivity contribution < 1.29 is 9.53 Å². The summed E-state index contributed by atoms with van der Waals surface area (Å²) in [5.41, 5.74) is 0. The van der Waals surface area contributed by atoms with Crippen molar-refractivity contribution in [3.8, 4) is 0 Å². The number of ketones is 1. The average molecular weight is 154 g/mol. The molecule has 62 valence electrons. The van der Waals surface area contributed by atoms with Gasteiger partial charge in [-0.3, -0.25) is 4.79 Å². The zero-order valence-corrected chi connectivity index (χ0v) is 6.71. The Bertz CT molecular complexity index is 163. The minimum Gasteiger partial charge on any atom is -0.381 e. The third-order valence-corrected chi connectivity index (χ3v) is 2.89. The second-order valence-corrected chi connectivity index (χ2v) is 3.59. The van der Waals surface area contributed by atoms with Gasteiger partial charge in [-0.15, -0.1) is 0 Å². The topological polar surface area (TPSA) is 26.3 Å². The lowest BCUT2D eigenvalue weighted by Gasteiger charge is -2.33. The summed E-state index contributed by atoms with van der Waals surface area (Å²) < 4.78 is 5.34. The largest absolute Gasteiger partial charge is 0.381 e. The molecule has 0 radical (unpaired) electrons. The van der Waals surface area contributed by atoms with E-state index in [4.69, 9.17) is 4.74 Å². The molecule has 0 spiro atoms. The molecule has 2 heteroatoms. The molecule has 1 aliphatic heterocycles. The molecule has 11 heavy (non-hydrogen) atoms. The summed E-state index contributed by atoms with van der Waals surface area (Å²) >= 11 is 0. The molecule has 2 atom stereocenters. The molecule has 2 nitrogen and oxygen atoms in total. The maximum atomic E-state index is 11.4. The van der Waals surface area contributed by atoms with Crippen molar-refractivity contribution in [2.24, 2.45) is 11.8 Å². The highest BCUT2D eigenvalue weighted by molar-refractivity contribution is 5.82. The zero-order valence-electron chi connectivity index (χ0n) is 6.71. The Kier molecular flexibility index (Phi) is 1.95. The second kappa shape index (κ2) is 2.94. The van der Waals surface area contributed by atoms with Crippen LogP contribution in [0.2, 0.25) is 0 Å². The van der Waals surface area contributed by atoms with E-state index in [0.717, 1.165) is 32.5 Å². The summed E-state index contributed by atoms with van der Waals surface area (Å²) in [4.78, 5) is 11.4. The smallest absolute Gasteiger partial charge is 0.136 e. The Morgan fingerprint density at radius 2 is 2.27 bits per heavy atom. The van der Waals surface area contributed by atoms with Crippen LogP contribution >= 0.6 is 0 Å². The lowest BCUT2D eigenvalue weighted by Crippen LogP contribution is -2.36. The molecule has 1 saturated carbocycles. The highest BCUT2D eigenvalue weighted by Gasteiger charge is 2.33.